The summed E-state index contributed by atoms with van der Waals surface area (Å²) in [6.45, 7) is 7.32. The molecule has 19 heavy (non-hydrogen) atoms. The summed E-state index contributed by atoms with van der Waals surface area (Å²) >= 11 is 1.68. The zero-order valence-corrected chi connectivity index (χ0v) is 12.4. The van der Waals surface area contributed by atoms with Gasteiger partial charge in [-0.05, 0) is 24.6 Å². The van der Waals surface area contributed by atoms with Crippen molar-refractivity contribution in [1.82, 2.24) is 15.3 Å². The molecule has 3 nitrogen and oxygen atoms in total. The molecule has 1 aromatic carbocycles. The van der Waals surface area contributed by atoms with E-state index in [9.17, 15) is 0 Å². The summed E-state index contributed by atoms with van der Waals surface area (Å²) in [4.78, 5) is 9.46. The second kappa shape index (κ2) is 6.68. The number of nitrogens with zero attached hydrogens (tertiary/aromatic N) is 2. The molecular weight excluding hydrogens is 254 g/mol. The average Bonchev–Trinajstić information content (AvgIpc) is 2.40. The highest BCUT2D eigenvalue weighted by Gasteiger charge is 2.06. The molecule has 0 fully saturated rings. The van der Waals surface area contributed by atoms with Gasteiger partial charge in [0, 0.05) is 23.7 Å². The van der Waals surface area contributed by atoms with Crippen LogP contribution >= 0.6 is 11.8 Å². The van der Waals surface area contributed by atoms with E-state index in [-0.39, 0.29) is 0 Å². The van der Waals surface area contributed by atoms with Gasteiger partial charge in [0.15, 0.2) is 0 Å². The topological polar surface area (TPSA) is 37.8 Å². The van der Waals surface area contributed by atoms with Crippen LogP contribution in [0.1, 0.15) is 25.0 Å². The Bertz CT molecular complexity index is 526. The van der Waals surface area contributed by atoms with Crippen LogP contribution in [0.4, 0.5) is 0 Å². The molecule has 0 atom stereocenters. The Kier molecular flexibility index (Phi) is 4.93. The number of aryl methyl sites for hydroxylation is 1. The second-order valence-electron chi connectivity index (χ2n) is 4.80. The highest BCUT2D eigenvalue weighted by Crippen LogP contribution is 2.29. The SMILES string of the molecule is Cc1ccc(Sc2ccncn2)c(CNC(C)C)c1. The molecule has 2 aromatic rings. The number of nitrogens with one attached hydrogen (secondary N) is 1. The molecular formula is C15H19N3S. The van der Waals surface area contributed by atoms with Crippen molar-refractivity contribution in [3.63, 3.8) is 0 Å². The van der Waals surface area contributed by atoms with Crippen molar-refractivity contribution in [2.45, 2.75) is 43.3 Å². The van der Waals surface area contributed by atoms with E-state index >= 15 is 0 Å². The van der Waals surface area contributed by atoms with Gasteiger partial charge in [-0.15, -0.1) is 0 Å². The van der Waals surface area contributed by atoms with Crippen molar-refractivity contribution in [3.05, 3.63) is 47.9 Å². The van der Waals surface area contributed by atoms with Crippen molar-refractivity contribution < 1.29 is 0 Å². The summed E-state index contributed by atoms with van der Waals surface area (Å²) in [6.07, 6.45) is 3.36. The maximum atomic E-state index is 4.26. The monoisotopic (exact) mass is 273 g/mol. The van der Waals surface area contributed by atoms with Crippen LogP contribution in [0.25, 0.3) is 0 Å². The molecule has 1 heterocycles. The normalized spacial score (nSPS) is 10.9. The lowest BCUT2D eigenvalue weighted by molar-refractivity contribution is 0.584. The van der Waals surface area contributed by atoms with Gasteiger partial charge in [-0.25, -0.2) is 9.97 Å². The third-order valence-electron chi connectivity index (χ3n) is 2.69. The van der Waals surface area contributed by atoms with E-state index < -0.39 is 0 Å². The van der Waals surface area contributed by atoms with Crippen molar-refractivity contribution >= 4 is 11.8 Å². The molecule has 1 aromatic heterocycles. The van der Waals surface area contributed by atoms with E-state index in [4.69, 9.17) is 0 Å². The van der Waals surface area contributed by atoms with E-state index in [0.717, 1.165) is 11.6 Å². The predicted octanol–water partition coefficient (Wildman–Crippen LogP) is 3.43. The lowest BCUT2D eigenvalue weighted by Gasteiger charge is -2.13. The third kappa shape index (κ3) is 4.33. The molecule has 0 amide bonds. The average molecular weight is 273 g/mol. The first-order chi connectivity index (χ1) is 9.15. The van der Waals surface area contributed by atoms with Crippen molar-refractivity contribution in [2.24, 2.45) is 0 Å². The van der Waals surface area contributed by atoms with Gasteiger partial charge in [0.05, 0.1) is 0 Å². The lowest BCUT2D eigenvalue weighted by Crippen LogP contribution is -2.22. The zero-order valence-electron chi connectivity index (χ0n) is 11.6. The fourth-order valence-electron chi connectivity index (χ4n) is 1.71. The molecule has 4 heteroatoms. The second-order valence-corrected chi connectivity index (χ2v) is 5.86. The minimum atomic E-state index is 0.484. The first-order valence-electron chi connectivity index (χ1n) is 6.42. The smallest absolute Gasteiger partial charge is 0.116 e. The van der Waals surface area contributed by atoms with Crippen molar-refractivity contribution in [2.75, 3.05) is 0 Å². The standard InChI is InChI=1S/C15H19N3S/c1-11(2)17-9-13-8-12(3)4-5-14(13)19-15-6-7-16-10-18-15/h4-8,10-11,17H,9H2,1-3H3. The van der Waals surface area contributed by atoms with E-state index in [2.05, 4.69) is 54.3 Å². The number of hydrogen-bond acceptors (Lipinski definition) is 4. The Morgan fingerprint density at radius 3 is 2.79 bits per heavy atom. The van der Waals surface area contributed by atoms with Gasteiger partial charge < -0.3 is 5.32 Å². The minimum absolute atomic E-state index is 0.484. The molecule has 0 aliphatic rings. The summed E-state index contributed by atoms with van der Waals surface area (Å²) in [6, 6.07) is 8.96. The Morgan fingerprint density at radius 2 is 2.11 bits per heavy atom. The maximum absolute atomic E-state index is 4.26. The zero-order chi connectivity index (χ0) is 13.7. The highest BCUT2D eigenvalue weighted by molar-refractivity contribution is 7.99. The molecule has 1 N–H and O–H groups in total. The molecule has 100 valence electrons. The molecule has 0 saturated heterocycles. The van der Waals surface area contributed by atoms with Gasteiger partial charge in [-0.1, -0.05) is 43.3 Å². The van der Waals surface area contributed by atoms with Crippen LogP contribution in [0, 0.1) is 6.92 Å². The van der Waals surface area contributed by atoms with Gasteiger partial charge in [-0.3, -0.25) is 0 Å². The lowest BCUT2D eigenvalue weighted by atomic mass is 10.1. The molecule has 0 unspecified atom stereocenters. The van der Waals surface area contributed by atoms with Crippen LogP contribution in [0.2, 0.25) is 0 Å². The van der Waals surface area contributed by atoms with E-state index in [1.807, 2.05) is 6.07 Å². The van der Waals surface area contributed by atoms with Gasteiger partial charge in [0.2, 0.25) is 0 Å². The van der Waals surface area contributed by atoms with Crippen LogP contribution in [-0.4, -0.2) is 16.0 Å². The van der Waals surface area contributed by atoms with Crippen LogP contribution in [-0.2, 0) is 6.54 Å². The molecule has 2 rings (SSSR count). The Balaban J connectivity index is 2.19. The van der Waals surface area contributed by atoms with Crippen LogP contribution < -0.4 is 5.32 Å². The third-order valence-corrected chi connectivity index (χ3v) is 3.75. The van der Waals surface area contributed by atoms with Crippen LogP contribution in [0.3, 0.4) is 0 Å². The summed E-state index contributed by atoms with van der Waals surface area (Å²) in [5.74, 6) is 0. The maximum Gasteiger partial charge on any atom is 0.116 e. The highest BCUT2D eigenvalue weighted by atomic mass is 32.2. The fraction of sp³-hybridized carbons (Fsp3) is 0.333. The number of hydrogen-bond donors (Lipinski definition) is 1. The Morgan fingerprint density at radius 1 is 1.26 bits per heavy atom. The van der Waals surface area contributed by atoms with Crippen molar-refractivity contribution in [3.8, 4) is 0 Å². The number of rotatable bonds is 5. The van der Waals surface area contributed by atoms with E-state index in [1.165, 1.54) is 16.0 Å². The minimum Gasteiger partial charge on any atom is -0.310 e. The van der Waals surface area contributed by atoms with Crippen LogP contribution in [0.15, 0.2) is 46.7 Å². The Hall–Kier alpha value is -1.39. The molecule has 0 saturated carbocycles. The number of aromatic nitrogens is 2. The first-order valence-corrected chi connectivity index (χ1v) is 7.23. The van der Waals surface area contributed by atoms with Gasteiger partial charge in [0.1, 0.15) is 11.4 Å². The molecule has 0 aliphatic heterocycles. The first kappa shape index (κ1) is 14.0. The summed E-state index contributed by atoms with van der Waals surface area (Å²) in [5.41, 5.74) is 2.60. The predicted molar refractivity (Wildman–Crippen MR) is 79.3 cm³/mol. The quantitative estimate of drug-likeness (QED) is 0.847. The molecule has 0 aliphatic carbocycles. The Labute approximate surface area is 118 Å². The van der Waals surface area contributed by atoms with E-state index in [1.54, 1.807) is 24.3 Å². The largest absolute Gasteiger partial charge is 0.310 e. The molecule has 0 bridgehead atoms. The van der Waals surface area contributed by atoms with Gasteiger partial charge in [-0.2, -0.15) is 0 Å². The van der Waals surface area contributed by atoms with Gasteiger partial charge >= 0.3 is 0 Å². The van der Waals surface area contributed by atoms with Crippen LogP contribution in [0.5, 0.6) is 0 Å². The summed E-state index contributed by atoms with van der Waals surface area (Å²) < 4.78 is 0. The summed E-state index contributed by atoms with van der Waals surface area (Å²) in [5, 5.41) is 4.45. The summed E-state index contributed by atoms with van der Waals surface area (Å²) in [7, 11) is 0. The number of benzene rings is 1. The van der Waals surface area contributed by atoms with E-state index in [0.29, 0.717) is 6.04 Å². The fourth-order valence-corrected chi connectivity index (χ4v) is 2.56. The van der Waals surface area contributed by atoms with Gasteiger partial charge in [0.25, 0.3) is 0 Å². The van der Waals surface area contributed by atoms with Crippen molar-refractivity contribution in [1.29, 1.82) is 0 Å². The molecule has 0 radical (unpaired) electrons. The molecule has 0 spiro atoms.